The Morgan fingerprint density at radius 3 is 1.84 bits per heavy atom. The van der Waals surface area contributed by atoms with Crippen molar-refractivity contribution < 1.29 is 47.9 Å². The number of methoxy groups -OCH3 is 2. The van der Waals surface area contributed by atoms with Crippen molar-refractivity contribution in [2.45, 2.75) is 77.7 Å². The van der Waals surface area contributed by atoms with E-state index >= 15 is 0 Å². The topological polar surface area (TPSA) is 188 Å². The van der Waals surface area contributed by atoms with Crippen molar-refractivity contribution in [3.63, 3.8) is 0 Å². The molecule has 1 aromatic heterocycles. The van der Waals surface area contributed by atoms with Gasteiger partial charge in [0.2, 0.25) is 0 Å². The van der Waals surface area contributed by atoms with Gasteiger partial charge in [0, 0.05) is 18.9 Å². The summed E-state index contributed by atoms with van der Waals surface area (Å²) in [4.78, 5) is 44.9. The SMILES string of the molecule is C#CCCC(=O)OC.CC(C)(/C=N/O)NC(=O)OCc1ccccc1.COC(=O)CCc1cc(C(C)(C)NC(=O)OCc2ccccc2)no1. The molecule has 0 spiro atoms. The first-order chi connectivity index (χ1) is 23.7. The van der Waals surface area contributed by atoms with E-state index in [4.69, 9.17) is 25.6 Å². The van der Waals surface area contributed by atoms with Crippen LogP contribution in [0, 0.1) is 12.3 Å². The van der Waals surface area contributed by atoms with Crippen molar-refractivity contribution in [2.24, 2.45) is 5.16 Å². The molecule has 2 aromatic carbocycles. The van der Waals surface area contributed by atoms with Gasteiger partial charge in [-0.1, -0.05) is 71.0 Å². The fourth-order valence-electron chi connectivity index (χ4n) is 3.61. The number of nitrogens with zero attached hydrogens (tertiary/aromatic N) is 2. The number of rotatable bonds is 13. The molecule has 0 fully saturated rings. The minimum absolute atomic E-state index is 0.186. The molecule has 3 N–H and O–H groups in total. The third kappa shape index (κ3) is 18.5. The van der Waals surface area contributed by atoms with Gasteiger partial charge in [0.25, 0.3) is 0 Å². The Morgan fingerprint density at radius 1 is 0.860 bits per heavy atom. The average Bonchev–Trinajstić information content (AvgIpc) is 3.59. The Bertz CT molecular complexity index is 1530. The van der Waals surface area contributed by atoms with Crippen LogP contribution >= 0.6 is 0 Å². The fraction of sp³-hybridized carbons (Fsp3) is 0.389. The summed E-state index contributed by atoms with van der Waals surface area (Å²) in [5, 5.41) is 20.6. The number of hydrogen-bond acceptors (Lipinski definition) is 12. The van der Waals surface area contributed by atoms with Crippen molar-refractivity contribution >= 4 is 30.3 Å². The van der Waals surface area contributed by atoms with E-state index in [9.17, 15) is 19.2 Å². The minimum atomic E-state index is -0.777. The first kappa shape index (κ1) is 42.2. The molecule has 14 heteroatoms. The summed E-state index contributed by atoms with van der Waals surface area (Å²) in [6.45, 7) is 7.36. The Labute approximate surface area is 292 Å². The third-order valence-electron chi connectivity index (χ3n) is 6.35. The number of carbonyl (C=O) groups excluding carboxylic acids is 4. The van der Waals surface area contributed by atoms with Crippen molar-refractivity contribution in [3.8, 4) is 12.3 Å². The van der Waals surface area contributed by atoms with Crippen LogP contribution in [-0.4, -0.2) is 60.5 Å². The number of oxime groups is 1. The van der Waals surface area contributed by atoms with E-state index in [0.717, 1.165) is 11.1 Å². The molecule has 3 rings (SSSR count). The highest BCUT2D eigenvalue weighted by atomic mass is 16.6. The van der Waals surface area contributed by atoms with Gasteiger partial charge in [0.05, 0.1) is 44.4 Å². The van der Waals surface area contributed by atoms with Crippen molar-refractivity contribution in [2.75, 3.05) is 14.2 Å². The molecule has 0 atom stereocenters. The maximum atomic E-state index is 12.0. The van der Waals surface area contributed by atoms with E-state index in [1.807, 2.05) is 60.7 Å². The number of aryl methyl sites for hydroxylation is 1. The summed E-state index contributed by atoms with van der Waals surface area (Å²) < 4.78 is 24.3. The highest BCUT2D eigenvalue weighted by molar-refractivity contribution is 5.77. The van der Waals surface area contributed by atoms with Gasteiger partial charge in [-0.05, 0) is 38.8 Å². The molecule has 50 heavy (non-hydrogen) atoms. The molecule has 14 nitrogen and oxygen atoms in total. The Morgan fingerprint density at radius 2 is 1.36 bits per heavy atom. The highest BCUT2D eigenvalue weighted by Gasteiger charge is 2.28. The van der Waals surface area contributed by atoms with E-state index in [-0.39, 0.29) is 31.6 Å². The van der Waals surface area contributed by atoms with Crippen LogP contribution in [-0.2, 0) is 53.7 Å². The molecule has 0 aliphatic carbocycles. The molecule has 3 aromatic rings. The number of nitrogens with one attached hydrogen (secondary N) is 2. The summed E-state index contributed by atoms with van der Waals surface area (Å²) >= 11 is 0. The van der Waals surface area contributed by atoms with Gasteiger partial charge in [-0.25, -0.2) is 9.59 Å². The van der Waals surface area contributed by atoms with Gasteiger partial charge >= 0.3 is 24.1 Å². The number of ether oxygens (including phenoxy) is 4. The predicted octanol–water partition coefficient (Wildman–Crippen LogP) is 5.67. The van der Waals surface area contributed by atoms with Crippen LogP contribution in [0.4, 0.5) is 9.59 Å². The maximum Gasteiger partial charge on any atom is 0.408 e. The van der Waals surface area contributed by atoms with Crippen LogP contribution in [0.2, 0.25) is 0 Å². The summed E-state index contributed by atoms with van der Waals surface area (Å²) in [6.07, 6.45) is 6.37. The van der Waals surface area contributed by atoms with Crippen molar-refractivity contribution in [1.82, 2.24) is 15.8 Å². The lowest BCUT2D eigenvalue weighted by molar-refractivity contribution is -0.141. The zero-order valence-corrected chi connectivity index (χ0v) is 29.3. The van der Waals surface area contributed by atoms with Crippen molar-refractivity contribution in [3.05, 3.63) is 89.3 Å². The van der Waals surface area contributed by atoms with Gasteiger partial charge < -0.3 is 39.3 Å². The summed E-state index contributed by atoms with van der Waals surface area (Å²) in [7, 11) is 2.68. The molecule has 1 heterocycles. The predicted molar refractivity (Wildman–Crippen MR) is 184 cm³/mol. The molecular formula is C36H46N4O10. The molecule has 0 bridgehead atoms. The fourth-order valence-corrected chi connectivity index (χ4v) is 3.61. The van der Waals surface area contributed by atoms with E-state index < -0.39 is 23.3 Å². The van der Waals surface area contributed by atoms with Crippen LogP contribution in [0.1, 0.15) is 69.5 Å². The van der Waals surface area contributed by atoms with Crippen LogP contribution in [0.5, 0.6) is 0 Å². The number of alkyl carbamates (subject to hydrolysis) is 2. The molecule has 0 saturated carbocycles. The number of carbonyl (C=O) groups is 4. The molecule has 0 aliphatic rings. The summed E-state index contributed by atoms with van der Waals surface area (Å²) in [5.41, 5.74) is 0.839. The lowest BCUT2D eigenvalue weighted by Gasteiger charge is -2.23. The first-order valence-electron chi connectivity index (χ1n) is 15.4. The standard InChI is InChI=1S/C18H22N2O5.C12H16N2O3.C6H8O2/c1-18(2,15-11-14(25-20-15)9-10-16(21)23-3)19-17(22)24-12-13-7-5-4-6-8-13;1-12(2,9-13-16)14-11(15)17-8-10-6-4-3-5-7-10;1-3-4-5-6(7)8-2/h4-8,11H,9-10,12H2,1-3H3,(H,19,22);3-7,9,16H,8H2,1-2H3,(H,14,15);1H,4-5H2,2H3/b;13-9+;. The minimum Gasteiger partial charge on any atom is -0.469 e. The van der Waals surface area contributed by atoms with Gasteiger partial charge in [-0.2, -0.15) is 0 Å². The highest BCUT2D eigenvalue weighted by Crippen LogP contribution is 2.21. The lowest BCUT2D eigenvalue weighted by atomic mass is 10.0. The number of benzene rings is 2. The largest absolute Gasteiger partial charge is 0.469 e. The van der Waals surface area contributed by atoms with Gasteiger partial charge in [0.15, 0.2) is 0 Å². The molecule has 0 aliphatic heterocycles. The number of terminal acetylenes is 1. The van der Waals surface area contributed by atoms with E-state index in [0.29, 0.717) is 30.7 Å². The van der Waals surface area contributed by atoms with Gasteiger partial charge in [-0.15, -0.1) is 12.3 Å². The first-order valence-corrected chi connectivity index (χ1v) is 15.4. The maximum absolute atomic E-state index is 12.0. The quantitative estimate of drug-likeness (QED) is 0.0500. The Hall–Kier alpha value is -5.84. The normalized spacial score (nSPS) is 10.6. The number of amides is 2. The van der Waals surface area contributed by atoms with E-state index in [2.05, 4.69) is 36.3 Å². The number of hydrogen-bond donors (Lipinski definition) is 3. The monoisotopic (exact) mass is 694 g/mol. The van der Waals surface area contributed by atoms with Crippen molar-refractivity contribution in [1.29, 1.82) is 0 Å². The van der Waals surface area contributed by atoms with E-state index in [1.165, 1.54) is 20.4 Å². The smallest absolute Gasteiger partial charge is 0.408 e. The molecule has 0 radical (unpaired) electrons. The molecule has 2 amide bonds. The molecule has 270 valence electrons. The van der Waals surface area contributed by atoms with Crippen LogP contribution in [0.3, 0.4) is 0 Å². The second-order valence-electron chi connectivity index (χ2n) is 11.5. The Kier molecular flexibility index (Phi) is 19.1. The van der Waals surface area contributed by atoms with Crippen LogP contribution in [0.25, 0.3) is 0 Å². The third-order valence-corrected chi connectivity index (χ3v) is 6.35. The molecular weight excluding hydrogens is 648 g/mol. The van der Waals surface area contributed by atoms with E-state index in [1.54, 1.807) is 33.8 Å². The zero-order valence-electron chi connectivity index (χ0n) is 29.3. The second kappa shape index (κ2) is 22.7. The van der Waals surface area contributed by atoms with Gasteiger partial charge in [0.1, 0.15) is 24.7 Å². The Balaban J connectivity index is 0.000000430. The summed E-state index contributed by atoms with van der Waals surface area (Å²) in [5.74, 6) is 2.31. The second-order valence-corrected chi connectivity index (χ2v) is 11.5. The molecule has 0 unspecified atom stereocenters. The zero-order chi connectivity index (χ0) is 37.4. The average molecular weight is 695 g/mol. The number of aromatic nitrogens is 1. The van der Waals surface area contributed by atoms with Crippen LogP contribution < -0.4 is 10.6 Å². The lowest BCUT2D eigenvalue weighted by Crippen LogP contribution is -2.44. The van der Waals surface area contributed by atoms with Crippen LogP contribution in [0.15, 0.2) is 76.4 Å². The number of esters is 2. The van der Waals surface area contributed by atoms with Gasteiger partial charge in [-0.3, -0.25) is 9.59 Å². The molecule has 0 saturated heterocycles. The summed E-state index contributed by atoms with van der Waals surface area (Å²) in [6, 6.07) is 20.5.